The third-order valence-corrected chi connectivity index (χ3v) is 3.97. The van der Waals surface area contributed by atoms with Gasteiger partial charge in [0.1, 0.15) is 24.2 Å². The second kappa shape index (κ2) is 7.73. The first-order valence-corrected chi connectivity index (χ1v) is 8.29. The lowest BCUT2D eigenvalue weighted by Crippen LogP contribution is -2.23. The Morgan fingerprint density at radius 1 is 1.23 bits per heavy atom. The predicted molar refractivity (Wildman–Crippen MR) is 97.1 cm³/mol. The fourth-order valence-corrected chi connectivity index (χ4v) is 2.56. The quantitative estimate of drug-likeness (QED) is 0.737. The number of hydrogen-bond acceptors (Lipinski definition) is 5. The van der Waals surface area contributed by atoms with Gasteiger partial charge in [-0.25, -0.2) is 19.0 Å². The Morgan fingerprint density at radius 2 is 2.04 bits per heavy atom. The van der Waals surface area contributed by atoms with Crippen molar-refractivity contribution in [2.24, 2.45) is 0 Å². The smallest absolute Gasteiger partial charge is 0.257 e. The minimum absolute atomic E-state index is 0.255. The molecule has 0 fully saturated rings. The summed E-state index contributed by atoms with van der Waals surface area (Å²) in [5.74, 6) is -0.0467. The number of anilines is 2. The van der Waals surface area contributed by atoms with Crippen LogP contribution in [-0.4, -0.2) is 38.7 Å². The summed E-state index contributed by atoms with van der Waals surface area (Å²) in [7, 11) is 0. The zero-order valence-electron chi connectivity index (χ0n) is 14.6. The number of nitrogens with zero attached hydrogens (tertiary/aromatic N) is 5. The molecule has 0 saturated heterocycles. The van der Waals surface area contributed by atoms with Crippen LogP contribution in [0.25, 0.3) is 5.69 Å². The second-order valence-corrected chi connectivity index (χ2v) is 5.54. The molecular weight excluding hydrogens is 335 g/mol. The van der Waals surface area contributed by atoms with Crippen LogP contribution >= 0.6 is 0 Å². The Bertz CT molecular complexity index is 875. The Kier molecular flexibility index (Phi) is 5.21. The summed E-state index contributed by atoms with van der Waals surface area (Å²) in [6.45, 7) is 5.77. The van der Waals surface area contributed by atoms with Crippen LogP contribution in [-0.2, 0) is 0 Å². The number of halogens is 1. The summed E-state index contributed by atoms with van der Waals surface area (Å²) in [5.41, 5.74) is 1.01. The maximum absolute atomic E-state index is 14.2. The molecule has 2 heterocycles. The van der Waals surface area contributed by atoms with Gasteiger partial charge in [0.05, 0.1) is 5.56 Å². The molecule has 7 nitrogen and oxygen atoms in total. The van der Waals surface area contributed by atoms with Crippen molar-refractivity contribution in [2.75, 3.05) is 23.3 Å². The van der Waals surface area contributed by atoms with Gasteiger partial charge in [-0.15, -0.1) is 0 Å². The Balaban J connectivity index is 1.73. The molecule has 1 aromatic carbocycles. The monoisotopic (exact) mass is 354 g/mol. The van der Waals surface area contributed by atoms with E-state index in [1.54, 1.807) is 18.2 Å². The van der Waals surface area contributed by atoms with Crippen LogP contribution in [0.1, 0.15) is 24.2 Å². The highest BCUT2D eigenvalue weighted by Crippen LogP contribution is 2.18. The zero-order chi connectivity index (χ0) is 18.5. The average Bonchev–Trinajstić information content (AvgIpc) is 3.18. The number of hydrogen-bond donors (Lipinski definition) is 1. The van der Waals surface area contributed by atoms with E-state index in [2.05, 4.69) is 25.3 Å². The normalized spacial score (nSPS) is 10.6. The first-order chi connectivity index (χ1) is 12.6. The van der Waals surface area contributed by atoms with Crippen LogP contribution < -0.4 is 10.2 Å². The minimum Gasteiger partial charge on any atom is -0.357 e. The third kappa shape index (κ3) is 3.69. The van der Waals surface area contributed by atoms with E-state index < -0.39 is 5.82 Å². The fourth-order valence-electron chi connectivity index (χ4n) is 2.56. The molecule has 3 rings (SSSR count). The highest BCUT2D eigenvalue weighted by molar-refractivity contribution is 6.04. The van der Waals surface area contributed by atoms with Crippen LogP contribution in [0.15, 0.2) is 49.2 Å². The number of amides is 1. The average molecular weight is 354 g/mol. The number of rotatable bonds is 6. The number of carbonyl (C=O) groups excluding carboxylic acids is 1. The van der Waals surface area contributed by atoms with Crippen molar-refractivity contribution < 1.29 is 9.18 Å². The summed E-state index contributed by atoms with van der Waals surface area (Å²) >= 11 is 0. The lowest BCUT2D eigenvalue weighted by molar-refractivity contribution is 0.102. The summed E-state index contributed by atoms with van der Waals surface area (Å²) in [6, 6.07) is 7.89. The molecule has 1 amide bonds. The maximum atomic E-state index is 14.2. The van der Waals surface area contributed by atoms with Gasteiger partial charge in [0.2, 0.25) is 0 Å². The molecule has 0 bridgehead atoms. The molecule has 8 heteroatoms. The van der Waals surface area contributed by atoms with Crippen molar-refractivity contribution in [3.8, 4) is 5.69 Å². The number of aromatic nitrogens is 4. The van der Waals surface area contributed by atoms with E-state index in [1.165, 1.54) is 35.7 Å². The van der Waals surface area contributed by atoms with Gasteiger partial charge in [0.25, 0.3) is 5.91 Å². The molecule has 134 valence electrons. The van der Waals surface area contributed by atoms with E-state index in [0.717, 1.165) is 18.9 Å². The van der Waals surface area contributed by atoms with Crippen LogP contribution in [0.3, 0.4) is 0 Å². The van der Waals surface area contributed by atoms with E-state index in [0.29, 0.717) is 11.3 Å². The molecule has 0 aliphatic carbocycles. The topological polar surface area (TPSA) is 75.9 Å². The molecular formula is C18H19FN6O. The zero-order valence-corrected chi connectivity index (χ0v) is 14.6. The van der Waals surface area contributed by atoms with Gasteiger partial charge in [-0.3, -0.25) is 4.79 Å². The first-order valence-electron chi connectivity index (χ1n) is 8.29. The Labute approximate surface area is 150 Å². The predicted octanol–water partition coefficient (Wildman–Crippen LogP) is 2.90. The molecule has 3 aromatic rings. The molecule has 1 N–H and O–H groups in total. The SMILES string of the molecule is CCN(CC)c1ccc(C(=O)Nc2ccc(-n3cncn3)c(F)c2)cn1. The van der Waals surface area contributed by atoms with Gasteiger partial charge < -0.3 is 10.2 Å². The molecule has 0 unspecified atom stereocenters. The Hall–Kier alpha value is -3.29. The standard InChI is InChI=1S/C18H19FN6O/c1-3-24(4-2)17-8-5-13(10-21-17)18(26)23-14-6-7-16(15(19)9-14)25-12-20-11-22-25/h5-12H,3-4H2,1-2H3,(H,23,26). The molecule has 2 aromatic heterocycles. The molecule has 26 heavy (non-hydrogen) atoms. The van der Waals surface area contributed by atoms with Gasteiger partial charge in [-0.1, -0.05) is 0 Å². The summed E-state index contributed by atoms with van der Waals surface area (Å²) in [6.07, 6.45) is 4.24. The summed E-state index contributed by atoms with van der Waals surface area (Å²) < 4.78 is 15.5. The van der Waals surface area contributed by atoms with Gasteiger partial charge in [-0.05, 0) is 44.2 Å². The number of carbonyl (C=O) groups is 1. The minimum atomic E-state index is -0.511. The van der Waals surface area contributed by atoms with E-state index in [4.69, 9.17) is 0 Å². The van der Waals surface area contributed by atoms with E-state index >= 15 is 0 Å². The van der Waals surface area contributed by atoms with Crippen molar-refractivity contribution in [1.29, 1.82) is 0 Å². The number of benzene rings is 1. The van der Waals surface area contributed by atoms with Gasteiger partial charge in [0.15, 0.2) is 5.82 Å². The van der Waals surface area contributed by atoms with E-state index in [1.807, 2.05) is 13.8 Å². The van der Waals surface area contributed by atoms with Crippen LogP contribution in [0, 0.1) is 5.82 Å². The lowest BCUT2D eigenvalue weighted by Gasteiger charge is -2.19. The molecule has 0 radical (unpaired) electrons. The van der Waals surface area contributed by atoms with E-state index in [-0.39, 0.29) is 11.6 Å². The van der Waals surface area contributed by atoms with Gasteiger partial charge in [0, 0.05) is 25.0 Å². The summed E-state index contributed by atoms with van der Waals surface area (Å²) in [5, 5.41) is 6.56. The van der Waals surface area contributed by atoms with Crippen LogP contribution in [0.5, 0.6) is 0 Å². The molecule has 0 atom stereocenters. The highest BCUT2D eigenvalue weighted by Gasteiger charge is 2.11. The van der Waals surface area contributed by atoms with Crippen LogP contribution in [0.4, 0.5) is 15.9 Å². The van der Waals surface area contributed by atoms with Crippen molar-refractivity contribution in [2.45, 2.75) is 13.8 Å². The molecule has 0 aliphatic heterocycles. The van der Waals surface area contributed by atoms with Gasteiger partial charge >= 0.3 is 0 Å². The van der Waals surface area contributed by atoms with Crippen molar-refractivity contribution in [3.05, 3.63) is 60.6 Å². The first kappa shape index (κ1) is 17.5. The third-order valence-electron chi connectivity index (χ3n) is 3.97. The van der Waals surface area contributed by atoms with Crippen molar-refractivity contribution in [1.82, 2.24) is 19.7 Å². The Morgan fingerprint density at radius 3 is 2.62 bits per heavy atom. The maximum Gasteiger partial charge on any atom is 0.257 e. The van der Waals surface area contributed by atoms with Crippen molar-refractivity contribution >= 4 is 17.4 Å². The summed E-state index contributed by atoms with van der Waals surface area (Å²) in [4.78, 5) is 22.5. The molecule has 0 aliphatic rings. The van der Waals surface area contributed by atoms with E-state index in [9.17, 15) is 9.18 Å². The second-order valence-electron chi connectivity index (χ2n) is 5.54. The molecule has 0 saturated carbocycles. The number of nitrogens with one attached hydrogen (secondary N) is 1. The highest BCUT2D eigenvalue weighted by atomic mass is 19.1. The number of pyridine rings is 1. The van der Waals surface area contributed by atoms with Crippen LogP contribution in [0.2, 0.25) is 0 Å². The van der Waals surface area contributed by atoms with Crippen molar-refractivity contribution in [3.63, 3.8) is 0 Å². The largest absolute Gasteiger partial charge is 0.357 e. The molecule has 0 spiro atoms. The fraction of sp³-hybridized carbons (Fsp3) is 0.222. The lowest BCUT2D eigenvalue weighted by atomic mass is 10.2. The van der Waals surface area contributed by atoms with Gasteiger partial charge in [-0.2, -0.15) is 5.10 Å².